The van der Waals surface area contributed by atoms with Crippen molar-refractivity contribution < 1.29 is 24.5 Å². The van der Waals surface area contributed by atoms with E-state index in [9.17, 15) is 19.8 Å². The summed E-state index contributed by atoms with van der Waals surface area (Å²) < 4.78 is 5.50. The fourth-order valence-corrected chi connectivity index (χ4v) is 12.0. The molecule has 0 spiro atoms. The van der Waals surface area contributed by atoms with Crippen LogP contribution >= 0.6 is 0 Å². The summed E-state index contributed by atoms with van der Waals surface area (Å²) >= 11 is 0. The normalized spacial score (nSPS) is 12.6. The summed E-state index contributed by atoms with van der Waals surface area (Å²) in [5.74, 6) is -0.0471. The number of carbonyl (C=O) groups excluding carboxylic acids is 2. The fourth-order valence-electron chi connectivity index (χ4n) is 12.0. The number of hydrogen-bond acceptors (Lipinski definition) is 5. The molecule has 0 fully saturated rings. The average Bonchev–Trinajstić information content (AvgIpc) is 3.48. The molecule has 2 unspecified atom stereocenters. The predicted molar refractivity (Wildman–Crippen MR) is 361 cm³/mol. The Balaban J connectivity index is 3.41. The lowest BCUT2D eigenvalue weighted by Gasteiger charge is -2.20. The third-order valence-electron chi connectivity index (χ3n) is 17.7. The zero-order valence-corrected chi connectivity index (χ0v) is 55.8. The number of aliphatic hydroxyl groups is 2. The van der Waals surface area contributed by atoms with Crippen molar-refractivity contribution in [3.63, 3.8) is 0 Å². The molecule has 0 aromatic carbocycles. The summed E-state index contributed by atoms with van der Waals surface area (Å²) in [6.07, 6.45) is 91.3. The van der Waals surface area contributed by atoms with Gasteiger partial charge in [0, 0.05) is 12.8 Å². The van der Waals surface area contributed by atoms with E-state index in [2.05, 4.69) is 31.3 Å². The van der Waals surface area contributed by atoms with Gasteiger partial charge in [-0.1, -0.05) is 378 Å². The SMILES string of the molecule is CCCCCCCCCCCCCCCCCCCCCCCC/C=C/C(O)C(CO)NC(=O)CCCCCCCCCCCC/C=C\CCCCCCCCCCCCCCOC(=O)CCCCCCCCCCCCCCCCC. The van der Waals surface area contributed by atoms with Crippen LogP contribution in [0.3, 0.4) is 0 Å². The van der Waals surface area contributed by atoms with E-state index in [1.54, 1.807) is 6.08 Å². The molecule has 0 aliphatic rings. The Hall–Kier alpha value is -1.66. The predicted octanol–water partition coefficient (Wildman–Crippen LogP) is 24.5. The van der Waals surface area contributed by atoms with E-state index >= 15 is 0 Å². The molecule has 1 amide bonds. The summed E-state index contributed by atoms with van der Waals surface area (Å²) in [6.45, 7) is 4.95. The van der Waals surface area contributed by atoms with Crippen molar-refractivity contribution in [2.24, 2.45) is 0 Å². The minimum absolute atomic E-state index is 0.0178. The van der Waals surface area contributed by atoms with E-state index < -0.39 is 12.1 Å². The van der Waals surface area contributed by atoms with Gasteiger partial charge in [-0.3, -0.25) is 9.59 Å². The highest BCUT2D eigenvalue weighted by atomic mass is 16.5. The first kappa shape index (κ1) is 80.3. The monoisotopic (exact) mass is 1150 g/mol. The van der Waals surface area contributed by atoms with E-state index in [1.165, 1.54) is 360 Å². The summed E-state index contributed by atoms with van der Waals surface area (Å²) in [6, 6.07) is -0.631. The van der Waals surface area contributed by atoms with Crippen LogP contribution in [0.15, 0.2) is 24.3 Å². The lowest BCUT2D eigenvalue weighted by atomic mass is 10.0. The first-order valence-corrected chi connectivity index (χ1v) is 37.6. The van der Waals surface area contributed by atoms with Gasteiger partial charge in [-0.15, -0.1) is 0 Å². The van der Waals surface area contributed by atoms with Crippen molar-refractivity contribution in [3.8, 4) is 0 Å². The number of unbranched alkanes of at least 4 members (excludes halogenated alkanes) is 58. The van der Waals surface area contributed by atoms with Crippen LogP contribution in [0.4, 0.5) is 0 Å². The van der Waals surface area contributed by atoms with E-state index in [0.717, 1.165) is 38.5 Å². The molecule has 0 aromatic heterocycles. The van der Waals surface area contributed by atoms with Crippen molar-refractivity contribution >= 4 is 11.9 Å². The quantitative estimate of drug-likeness (QED) is 0.0320. The largest absolute Gasteiger partial charge is 0.466 e. The number of carbonyl (C=O) groups is 2. The van der Waals surface area contributed by atoms with Crippen LogP contribution < -0.4 is 5.32 Å². The molecule has 0 aliphatic carbocycles. The standard InChI is InChI=1S/C76H147NO5/c1-3-5-7-9-11-13-15-17-19-20-21-22-23-28-31-34-37-41-44-48-52-56-60-64-68-74(79)73(72-78)77-75(80)69-65-61-57-53-49-45-42-38-35-32-29-26-24-25-27-30-33-36-39-43-47-51-55-59-63-67-71-82-76(81)70-66-62-58-54-50-46-40-18-16-14-12-10-8-6-4-2/h24,26,64,68,73-74,78-79H,3-23,25,27-63,65-67,69-72H2,1-2H3,(H,77,80)/b26-24-,68-64+. The minimum Gasteiger partial charge on any atom is -0.466 e. The van der Waals surface area contributed by atoms with Crippen LogP contribution in [0.1, 0.15) is 425 Å². The molecule has 0 rings (SSSR count). The molecule has 0 aromatic rings. The van der Waals surface area contributed by atoms with Crippen LogP contribution in [0.5, 0.6) is 0 Å². The van der Waals surface area contributed by atoms with Crippen molar-refractivity contribution in [3.05, 3.63) is 24.3 Å². The maximum atomic E-state index is 12.5. The van der Waals surface area contributed by atoms with Gasteiger partial charge >= 0.3 is 5.97 Å². The number of hydrogen-bond donors (Lipinski definition) is 3. The third-order valence-corrected chi connectivity index (χ3v) is 17.7. The summed E-state index contributed by atoms with van der Waals surface area (Å²) in [7, 11) is 0. The summed E-state index contributed by atoms with van der Waals surface area (Å²) in [5.41, 5.74) is 0. The molecule has 486 valence electrons. The average molecular weight is 1160 g/mol. The van der Waals surface area contributed by atoms with Crippen LogP contribution in [0.2, 0.25) is 0 Å². The smallest absolute Gasteiger partial charge is 0.305 e. The maximum Gasteiger partial charge on any atom is 0.305 e. The van der Waals surface area contributed by atoms with Gasteiger partial charge in [0.25, 0.3) is 0 Å². The third kappa shape index (κ3) is 67.5. The molecular formula is C76H147NO5. The first-order chi connectivity index (χ1) is 40.5. The van der Waals surface area contributed by atoms with Gasteiger partial charge in [-0.05, 0) is 57.8 Å². The van der Waals surface area contributed by atoms with Gasteiger partial charge in [0.15, 0.2) is 0 Å². The van der Waals surface area contributed by atoms with Gasteiger partial charge in [0.1, 0.15) is 0 Å². The van der Waals surface area contributed by atoms with E-state index in [0.29, 0.717) is 19.4 Å². The Labute approximate surface area is 513 Å². The second-order valence-corrected chi connectivity index (χ2v) is 26.0. The minimum atomic E-state index is -0.847. The second-order valence-electron chi connectivity index (χ2n) is 26.0. The van der Waals surface area contributed by atoms with Crippen LogP contribution in [-0.4, -0.2) is 47.4 Å². The highest BCUT2D eigenvalue weighted by Gasteiger charge is 2.18. The highest BCUT2D eigenvalue weighted by molar-refractivity contribution is 5.76. The number of nitrogens with one attached hydrogen (secondary N) is 1. The molecule has 6 nitrogen and oxygen atoms in total. The molecule has 0 heterocycles. The molecular weight excluding hydrogens is 1010 g/mol. The van der Waals surface area contributed by atoms with Crippen LogP contribution in [0, 0.1) is 0 Å². The van der Waals surface area contributed by atoms with Crippen LogP contribution in [0.25, 0.3) is 0 Å². The molecule has 6 heteroatoms. The van der Waals surface area contributed by atoms with Gasteiger partial charge < -0.3 is 20.3 Å². The second kappa shape index (κ2) is 71.8. The lowest BCUT2D eigenvalue weighted by Crippen LogP contribution is -2.45. The van der Waals surface area contributed by atoms with Crippen LogP contribution in [-0.2, 0) is 14.3 Å². The molecule has 82 heavy (non-hydrogen) atoms. The lowest BCUT2D eigenvalue weighted by molar-refractivity contribution is -0.143. The molecule has 2 atom stereocenters. The Morgan fingerprint density at radius 2 is 0.573 bits per heavy atom. The Kier molecular flexibility index (Phi) is 70.4. The fraction of sp³-hybridized carbons (Fsp3) is 0.921. The number of aliphatic hydroxyl groups excluding tert-OH is 2. The van der Waals surface area contributed by atoms with Gasteiger partial charge in [-0.25, -0.2) is 0 Å². The Bertz CT molecular complexity index is 1280. The molecule has 3 N–H and O–H groups in total. The number of rotatable bonds is 71. The molecule has 0 bridgehead atoms. The number of esters is 1. The highest BCUT2D eigenvalue weighted by Crippen LogP contribution is 2.19. The van der Waals surface area contributed by atoms with E-state index in [1.807, 2.05) is 6.08 Å². The zero-order valence-electron chi connectivity index (χ0n) is 55.8. The zero-order chi connectivity index (χ0) is 59.2. The van der Waals surface area contributed by atoms with Crippen molar-refractivity contribution in [2.45, 2.75) is 437 Å². The Morgan fingerprint density at radius 1 is 0.329 bits per heavy atom. The maximum absolute atomic E-state index is 12.5. The number of ether oxygens (including phenoxy) is 1. The topological polar surface area (TPSA) is 95.9 Å². The van der Waals surface area contributed by atoms with Gasteiger partial charge in [0.2, 0.25) is 5.91 Å². The van der Waals surface area contributed by atoms with E-state index in [4.69, 9.17) is 4.74 Å². The summed E-state index contributed by atoms with van der Waals surface area (Å²) in [4.78, 5) is 24.6. The van der Waals surface area contributed by atoms with E-state index in [-0.39, 0.29) is 18.5 Å². The molecule has 0 aliphatic heterocycles. The van der Waals surface area contributed by atoms with Crippen molar-refractivity contribution in [1.29, 1.82) is 0 Å². The van der Waals surface area contributed by atoms with Gasteiger partial charge in [-0.2, -0.15) is 0 Å². The molecule has 0 saturated carbocycles. The van der Waals surface area contributed by atoms with Crippen molar-refractivity contribution in [1.82, 2.24) is 5.32 Å². The Morgan fingerprint density at radius 3 is 0.866 bits per heavy atom. The first-order valence-electron chi connectivity index (χ1n) is 37.6. The van der Waals surface area contributed by atoms with Crippen molar-refractivity contribution in [2.75, 3.05) is 13.2 Å². The number of allylic oxidation sites excluding steroid dienone is 3. The van der Waals surface area contributed by atoms with Gasteiger partial charge in [0.05, 0.1) is 25.4 Å². The molecule has 0 saturated heterocycles. The number of amides is 1. The summed E-state index contributed by atoms with van der Waals surface area (Å²) in [5, 5.41) is 23.3. The molecule has 0 radical (unpaired) electrons.